The number of rotatable bonds is 4. The number of hydrogen-bond acceptors (Lipinski definition) is 5. The smallest absolute Gasteiger partial charge is 0.274 e. The van der Waals surface area contributed by atoms with Gasteiger partial charge < -0.3 is 14.5 Å². The zero-order chi connectivity index (χ0) is 15.7. The summed E-state index contributed by atoms with van der Waals surface area (Å²) in [4.78, 5) is 18.2. The van der Waals surface area contributed by atoms with E-state index in [1.54, 1.807) is 0 Å². The number of H-pyrrole nitrogens is 1. The zero-order valence-electron chi connectivity index (χ0n) is 12.0. The normalized spacial score (nSPS) is 10.6. The number of aromatic nitrogens is 2. The third-order valence-electron chi connectivity index (χ3n) is 3.32. The number of hydrogen-bond donors (Lipinski definition) is 1. The van der Waals surface area contributed by atoms with E-state index in [-0.39, 0.29) is 11.4 Å². The van der Waals surface area contributed by atoms with Crippen molar-refractivity contribution < 1.29 is 14.4 Å². The first kappa shape index (κ1) is 13.9. The van der Waals surface area contributed by atoms with E-state index in [2.05, 4.69) is 9.97 Å². The molecule has 0 saturated carbocycles. The van der Waals surface area contributed by atoms with Crippen molar-refractivity contribution in [2.75, 3.05) is 14.2 Å². The fourth-order valence-electron chi connectivity index (χ4n) is 2.31. The van der Waals surface area contributed by atoms with E-state index in [0.29, 0.717) is 17.1 Å². The summed E-state index contributed by atoms with van der Waals surface area (Å²) < 4.78 is 10.5. The summed E-state index contributed by atoms with van der Waals surface area (Å²) in [6.07, 6.45) is 0. The van der Waals surface area contributed by atoms with Crippen LogP contribution in [-0.4, -0.2) is 29.1 Å². The Morgan fingerprint density at radius 2 is 1.95 bits per heavy atom. The summed E-state index contributed by atoms with van der Waals surface area (Å²) in [5.74, 6) is 1.17. The lowest BCUT2D eigenvalue weighted by atomic mass is 10.1. The van der Waals surface area contributed by atoms with Gasteiger partial charge in [0.1, 0.15) is 5.82 Å². The second-order valence-electron chi connectivity index (χ2n) is 4.59. The molecule has 0 bridgehead atoms. The molecule has 0 saturated heterocycles. The van der Waals surface area contributed by atoms with E-state index in [1.165, 1.54) is 26.4 Å². The van der Waals surface area contributed by atoms with Gasteiger partial charge in [0.15, 0.2) is 11.5 Å². The third kappa shape index (κ3) is 2.22. The van der Waals surface area contributed by atoms with Crippen molar-refractivity contribution in [2.24, 2.45) is 0 Å². The number of benzene rings is 2. The second-order valence-corrected chi connectivity index (χ2v) is 4.59. The molecule has 1 aromatic heterocycles. The Morgan fingerprint density at radius 1 is 1.18 bits per heavy atom. The van der Waals surface area contributed by atoms with Gasteiger partial charge >= 0.3 is 0 Å². The molecule has 0 atom stereocenters. The number of nitrogens with one attached hydrogen (secondary N) is 1. The number of nitro groups is 1. The van der Waals surface area contributed by atoms with Crippen LogP contribution in [0.3, 0.4) is 0 Å². The minimum atomic E-state index is -0.478. The molecular formula is C15H13N3O4. The standard InChI is InChI=1S/C15H13N3O4/c1-21-13-8-9(18(19)20)7-10(14(13)22-2)15-16-11-5-3-4-6-12(11)17-15/h3-8H,1-2H3,(H,16,17). The maximum Gasteiger partial charge on any atom is 0.274 e. The lowest BCUT2D eigenvalue weighted by Crippen LogP contribution is -1.97. The van der Waals surface area contributed by atoms with Crippen molar-refractivity contribution in [1.82, 2.24) is 9.97 Å². The van der Waals surface area contributed by atoms with Gasteiger partial charge in [-0.05, 0) is 12.1 Å². The molecule has 0 aliphatic carbocycles. The predicted octanol–water partition coefficient (Wildman–Crippen LogP) is 3.16. The van der Waals surface area contributed by atoms with Crippen LogP contribution in [-0.2, 0) is 0 Å². The van der Waals surface area contributed by atoms with E-state index < -0.39 is 4.92 Å². The SMILES string of the molecule is COc1cc([N+](=O)[O-])cc(-c2nc3ccccc3[nH]2)c1OC. The number of methoxy groups -OCH3 is 2. The van der Waals surface area contributed by atoms with Gasteiger partial charge in [-0.1, -0.05) is 12.1 Å². The van der Waals surface area contributed by atoms with Crippen LogP contribution in [0.5, 0.6) is 11.5 Å². The summed E-state index contributed by atoms with van der Waals surface area (Å²) in [7, 11) is 2.92. The molecule has 0 spiro atoms. The summed E-state index contributed by atoms with van der Waals surface area (Å²) in [6.45, 7) is 0. The van der Waals surface area contributed by atoms with E-state index in [0.717, 1.165) is 11.0 Å². The average molecular weight is 299 g/mol. The summed E-state index contributed by atoms with van der Waals surface area (Å²) in [6, 6.07) is 10.2. The molecule has 0 radical (unpaired) electrons. The Morgan fingerprint density at radius 3 is 2.59 bits per heavy atom. The fraction of sp³-hybridized carbons (Fsp3) is 0.133. The topological polar surface area (TPSA) is 90.3 Å². The van der Waals surface area contributed by atoms with Crippen molar-refractivity contribution in [3.63, 3.8) is 0 Å². The van der Waals surface area contributed by atoms with Crippen LogP contribution in [0.25, 0.3) is 22.4 Å². The van der Waals surface area contributed by atoms with Crippen LogP contribution in [0.15, 0.2) is 36.4 Å². The Hall–Kier alpha value is -3.09. The lowest BCUT2D eigenvalue weighted by molar-refractivity contribution is -0.384. The number of imidazole rings is 1. The van der Waals surface area contributed by atoms with Crippen LogP contribution in [0.4, 0.5) is 5.69 Å². The Kier molecular flexibility index (Phi) is 3.38. The van der Waals surface area contributed by atoms with Crippen LogP contribution in [0.2, 0.25) is 0 Å². The number of nitrogens with zero attached hydrogens (tertiary/aromatic N) is 2. The monoisotopic (exact) mass is 299 g/mol. The van der Waals surface area contributed by atoms with Crippen LogP contribution < -0.4 is 9.47 Å². The first-order valence-corrected chi connectivity index (χ1v) is 6.49. The molecular weight excluding hydrogens is 286 g/mol. The highest BCUT2D eigenvalue weighted by atomic mass is 16.6. The number of nitro benzene ring substituents is 1. The van der Waals surface area contributed by atoms with Crippen molar-refractivity contribution in [1.29, 1.82) is 0 Å². The van der Waals surface area contributed by atoms with Crippen molar-refractivity contribution in [2.45, 2.75) is 0 Å². The van der Waals surface area contributed by atoms with E-state index in [9.17, 15) is 10.1 Å². The molecule has 7 heteroatoms. The van der Waals surface area contributed by atoms with Crippen LogP contribution in [0, 0.1) is 10.1 Å². The molecule has 3 rings (SSSR count). The quantitative estimate of drug-likeness (QED) is 0.590. The number of aromatic amines is 1. The Balaban J connectivity index is 2.27. The molecule has 112 valence electrons. The summed E-state index contributed by atoms with van der Waals surface area (Å²) in [5.41, 5.74) is 1.99. The highest BCUT2D eigenvalue weighted by molar-refractivity contribution is 5.82. The van der Waals surface area contributed by atoms with Crippen molar-refractivity contribution >= 4 is 16.7 Å². The molecule has 0 amide bonds. The maximum absolute atomic E-state index is 11.1. The molecule has 2 aromatic carbocycles. The number of fused-ring (bicyclic) bond motifs is 1. The summed E-state index contributed by atoms with van der Waals surface area (Å²) >= 11 is 0. The molecule has 7 nitrogen and oxygen atoms in total. The largest absolute Gasteiger partial charge is 0.493 e. The minimum Gasteiger partial charge on any atom is -0.493 e. The molecule has 0 fully saturated rings. The van der Waals surface area contributed by atoms with Gasteiger partial charge in [0, 0.05) is 6.07 Å². The number of ether oxygens (including phenoxy) is 2. The highest BCUT2D eigenvalue weighted by Gasteiger charge is 2.21. The molecule has 0 unspecified atom stereocenters. The zero-order valence-corrected chi connectivity index (χ0v) is 12.0. The molecule has 1 N–H and O–H groups in total. The van der Waals surface area contributed by atoms with E-state index in [4.69, 9.17) is 9.47 Å². The van der Waals surface area contributed by atoms with Crippen molar-refractivity contribution in [3.05, 3.63) is 46.5 Å². The second kappa shape index (κ2) is 5.36. The number of non-ortho nitro benzene ring substituents is 1. The summed E-state index contributed by atoms with van der Waals surface area (Å²) in [5, 5.41) is 11.1. The Labute approximate surface area is 125 Å². The van der Waals surface area contributed by atoms with Gasteiger partial charge in [0.2, 0.25) is 0 Å². The minimum absolute atomic E-state index is 0.0897. The third-order valence-corrected chi connectivity index (χ3v) is 3.32. The highest BCUT2D eigenvalue weighted by Crippen LogP contribution is 2.40. The van der Waals surface area contributed by atoms with Crippen LogP contribution in [0.1, 0.15) is 0 Å². The maximum atomic E-state index is 11.1. The Bertz CT molecular complexity index is 824. The molecule has 3 aromatic rings. The first-order chi connectivity index (χ1) is 10.6. The van der Waals surface area contributed by atoms with E-state index >= 15 is 0 Å². The molecule has 1 heterocycles. The average Bonchev–Trinajstić information content (AvgIpc) is 2.97. The molecule has 22 heavy (non-hydrogen) atoms. The van der Waals surface area contributed by atoms with E-state index in [1.807, 2.05) is 24.3 Å². The van der Waals surface area contributed by atoms with Gasteiger partial charge in [-0.2, -0.15) is 0 Å². The molecule has 0 aliphatic heterocycles. The van der Waals surface area contributed by atoms with Gasteiger partial charge in [0.05, 0.1) is 41.8 Å². The van der Waals surface area contributed by atoms with Crippen LogP contribution >= 0.6 is 0 Å². The first-order valence-electron chi connectivity index (χ1n) is 6.49. The van der Waals surface area contributed by atoms with Gasteiger partial charge in [-0.15, -0.1) is 0 Å². The predicted molar refractivity (Wildman–Crippen MR) is 81.3 cm³/mol. The van der Waals surface area contributed by atoms with Gasteiger partial charge in [-0.3, -0.25) is 10.1 Å². The number of para-hydroxylation sites is 2. The fourth-order valence-corrected chi connectivity index (χ4v) is 2.31. The lowest BCUT2D eigenvalue weighted by Gasteiger charge is -2.11. The molecule has 0 aliphatic rings. The van der Waals surface area contributed by atoms with Crippen molar-refractivity contribution in [3.8, 4) is 22.9 Å². The van der Waals surface area contributed by atoms with Gasteiger partial charge in [0.25, 0.3) is 5.69 Å². The van der Waals surface area contributed by atoms with Gasteiger partial charge in [-0.25, -0.2) is 4.98 Å².